The van der Waals surface area contributed by atoms with Crippen LogP contribution >= 0.6 is 0 Å². The first kappa shape index (κ1) is 23.4. The Hall–Kier alpha value is -3.81. The number of aliphatic hydroxyl groups is 1. The van der Waals surface area contributed by atoms with E-state index >= 15 is 0 Å². The van der Waals surface area contributed by atoms with E-state index in [0.29, 0.717) is 16.9 Å². The van der Waals surface area contributed by atoms with Crippen molar-refractivity contribution in [2.45, 2.75) is 17.1 Å². The summed E-state index contributed by atoms with van der Waals surface area (Å²) in [5.74, 6) is -1.97. The molecular weight excluding hydrogens is 468 g/mol. The van der Waals surface area contributed by atoms with Crippen LogP contribution in [-0.4, -0.2) is 67.1 Å². The molecule has 0 unspecified atom stereocenters. The molecule has 2 atom stereocenters. The quantitative estimate of drug-likeness (QED) is 0.437. The van der Waals surface area contributed by atoms with E-state index in [9.17, 15) is 27.9 Å². The lowest BCUT2D eigenvalue weighted by Crippen LogP contribution is -2.55. The number of amides is 2. The van der Waals surface area contributed by atoms with Gasteiger partial charge in [-0.25, -0.2) is 13.2 Å². The minimum Gasteiger partial charge on any atom is -0.380 e. The van der Waals surface area contributed by atoms with Crippen LogP contribution in [0.25, 0.3) is 11.4 Å². The van der Waals surface area contributed by atoms with Crippen LogP contribution in [0.5, 0.6) is 0 Å². The molecule has 0 spiro atoms. The summed E-state index contributed by atoms with van der Waals surface area (Å²) in [7, 11) is -3.39. The summed E-state index contributed by atoms with van der Waals surface area (Å²) < 4.78 is 33.1. The minimum atomic E-state index is -3.39. The Morgan fingerprint density at radius 1 is 1.18 bits per heavy atom. The fraction of sp³-hybridized carbons (Fsp3) is 0.238. The van der Waals surface area contributed by atoms with Crippen molar-refractivity contribution >= 4 is 33.0 Å². The predicted octanol–water partition coefficient (Wildman–Crippen LogP) is 0.165. The van der Waals surface area contributed by atoms with Gasteiger partial charge in [0, 0.05) is 29.7 Å². The molecule has 3 N–H and O–H groups in total. The lowest BCUT2D eigenvalue weighted by Gasteiger charge is -2.34. The van der Waals surface area contributed by atoms with Gasteiger partial charge in [0.1, 0.15) is 0 Å². The van der Waals surface area contributed by atoms with Crippen LogP contribution in [0.1, 0.15) is 0 Å². The summed E-state index contributed by atoms with van der Waals surface area (Å²) in [6, 6.07) is 11.9. The highest BCUT2D eigenvalue weighted by molar-refractivity contribution is 7.90. The van der Waals surface area contributed by atoms with Gasteiger partial charge in [0.2, 0.25) is 0 Å². The van der Waals surface area contributed by atoms with Gasteiger partial charge in [0.15, 0.2) is 27.9 Å². The number of carbonyl (C=O) groups excluding carboxylic acids is 2. The van der Waals surface area contributed by atoms with E-state index < -0.39 is 39.6 Å². The number of benzene rings is 2. The van der Waals surface area contributed by atoms with E-state index in [4.69, 9.17) is 4.74 Å². The molecule has 1 saturated heterocycles. The highest BCUT2D eigenvalue weighted by Crippen LogP contribution is 2.23. The summed E-state index contributed by atoms with van der Waals surface area (Å²) in [6.45, 7) is 0.243. The van der Waals surface area contributed by atoms with Gasteiger partial charge in [0.25, 0.3) is 11.8 Å². The Kier molecular flexibility index (Phi) is 6.32. The molecule has 0 aliphatic carbocycles. The number of aromatic nitrogens is 2. The van der Waals surface area contributed by atoms with Gasteiger partial charge in [-0.2, -0.15) is 0 Å². The molecule has 1 aromatic heterocycles. The van der Waals surface area contributed by atoms with Crippen molar-refractivity contribution in [3.63, 3.8) is 0 Å². The van der Waals surface area contributed by atoms with Crippen molar-refractivity contribution in [2.75, 3.05) is 29.6 Å². The zero-order valence-corrected chi connectivity index (χ0v) is 18.6. The maximum absolute atomic E-state index is 12.9. The van der Waals surface area contributed by atoms with Gasteiger partial charge < -0.3 is 20.1 Å². The van der Waals surface area contributed by atoms with Crippen LogP contribution in [0.2, 0.25) is 0 Å². The number of nitrogens with one attached hydrogen (secondary N) is 2. The second-order valence-electron chi connectivity index (χ2n) is 7.50. The third kappa shape index (κ3) is 4.90. The second-order valence-corrected chi connectivity index (χ2v) is 9.52. The third-order valence-corrected chi connectivity index (χ3v) is 6.25. The molecule has 178 valence electrons. The molecule has 2 amide bonds. The van der Waals surface area contributed by atoms with Crippen LogP contribution in [-0.2, 0) is 24.2 Å². The normalized spacial score (nSPS) is 17.4. The summed E-state index contributed by atoms with van der Waals surface area (Å²) >= 11 is 0. The van der Waals surface area contributed by atoms with E-state index in [2.05, 4.69) is 20.0 Å². The lowest BCUT2D eigenvalue weighted by molar-refractivity contribution is -0.150. The van der Waals surface area contributed by atoms with E-state index in [1.165, 1.54) is 41.3 Å². The number of anilines is 2. The van der Waals surface area contributed by atoms with Crippen molar-refractivity contribution in [1.29, 1.82) is 0 Å². The molecule has 12 nitrogen and oxygen atoms in total. The summed E-state index contributed by atoms with van der Waals surface area (Å²) in [5, 5.41) is 16.6. The number of carbonyl (C=O) groups is 2. The van der Waals surface area contributed by atoms with Crippen molar-refractivity contribution in [2.24, 2.45) is 0 Å². The highest BCUT2D eigenvalue weighted by atomic mass is 32.2. The second kappa shape index (κ2) is 9.21. The first-order chi connectivity index (χ1) is 16.1. The molecule has 2 heterocycles. The van der Waals surface area contributed by atoms with Crippen LogP contribution in [0, 0.1) is 0 Å². The highest BCUT2D eigenvalue weighted by Gasteiger charge is 2.39. The smallest absolute Gasteiger partial charge is 0.380 e. The molecule has 3 aromatic rings. The number of hydrogen-bond acceptors (Lipinski definition) is 9. The van der Waals surface area contributed by atoms with Gasteiger partial charge in [-0.15, -0.1) is 0 Å². The number of morpholine rings is 1. The number of nitrogens with zero attached hydrogens (tertiary/aromatic N) is 2. The number of ether oxygens (including phenoxy) is 1. The Balaban J connectivity index is 1.43. The Morgan fingerprint density at radius 3 is 2.44 bits per heavy atom. The van der Waals surface area contributed by atoms with Crippen LogP contribution in [0.15, 0.2) is 62.7 Å². The van der Waals surface area contributed by atoms with E-state index in [-0.39, 0.29) is 23.9 Å². The zero-order valence-electron chi connectivity index (χ0n) is 17.8. The minimum absolute atomic E-state index is 0.0686. The monoisotopic (exact) mass is 488 g/mol. The molecule has 34 heavy (non-hydrogen) atoms. The molecule has 1 fully saturated rings. The average molecular weight is 488 g/mol. The topological polar surface area (TPSA) is 172 Å². The first-order valence-electron chi connectivity index (χ1n) is 10.0. The molecule has 0 bridgehead atoms. The summed E-state index contributed by atoms with van der Waals surface area (Å²) in [6.07, 6.45) is -2.16. The molecular formula is C21H20N4O8S. The number of aromatic amines is 1. The number of H-pyrrole nitrogens is 1. The molecule has 0 saturated carbocycles. The fourth-order valence-corrected chi connectivity index (χ4v) is 4.01. The van der Waals surface area contributed by atoms with Gasteiger partial charge >= 0.3 is 5.76 Å². The molecule has 4 rings (SSSR count). The molecule has 2 aromatic carbocycles. The van der Waals surface area contributed by atoms with E-state index in [1.807, 2.05) is 0 Å². The lowest BCUT2D eigenvalue weighted by atomic mass is 10.1. The van der Waals surface area contributed by atoms with Gasteiger partial charge in [-0.1, -0.05) is 5.16 Å². The Labute approximate surface area is 193 Å². The van der Waals surface area contributed by atoms with Gasteiger partial charge in [-0.05, 0) is 48.5 Å². The molecule has 1 aliphatic heterocycles. The van der Waals surface area contributed by atoms with Gasteiger partial charge in [-0.3, -0.25) is 19.1 Å². The first-order valence-corrected chi connectivity index (χ1v) is 11.9. The van der Waals surface area contributed by atoms with Crippen LogP contribution in [0.4, 0.5) is 11.4 Å². The number of hydrogen-bond donors (Lipinski definition) is 3. The molecule has 1 aliphatic rings. The van der Waals surface area contributed by atoms with Crippen LogP contribution in [0.3, 0.4) is 0 Å². The molecule has 0 radical (unpaired) electrons. The molecule has 13 heteroatoms. The maximum Gasteiger partial charge on any atom is 0.439 e. The third-order valence-electron chi connectivity index (χ3n) is 5.12. The van der Waals surface area contributed by atoms with Crippen molar-refractivity contribution < 1.29 is 32.4 Å². The van der Waals surface area contributed by atoms with Crippen molar-refractivity contribution in [3.8, 4) is 11.4 Å². The van der Waals surface area contributed by atoms with E-state index in [0.717, 1.165) is 6.26 Å². The van der Waals surface area contributed by atoms with Gasteiger partial charge in [0.05, 0.1) is 11.5 Å². The number of sulfone groups is 1. The van der Waals surface area contributed by atoms with Crippen LogP contribution < -0.4 is 16.0 Å². The summed E-state index contributed by atoms with van der Waals surface area (Å²) in [5.41, 5.74) is 1.28. The fourth-order valence-electron chi connectivity index (χ4n) is 3.38. The van der Waals surface area contributed by atoms with Crippen molar-refractivity contribution in [1.82, 2.24) is 10.1 Å². The Morgan fingerprint density at radius 2 is 1.85 bits per heavy atom. The van der Waals surface area contributed by atoms with E-state index in [1.54, 1.807) is 12.1 Å². The zero-order chi connectivity index (χ0) is 24.5. The van der Waals surface area contributed by atoms with Crippen molar-refractivity contribution in [3.05, 3.63) is 59.1 Å². The maximum atomic E-state index is 12.9. The largest absolute Gasteiger partial charge is 0.439 e. The Bertz CT molecular complexity index is 1360. The SMILES string of the molecule is CS(=O)(=O)c1ccc(N2CCO[C@H]([C@@H](O)C(=O)Nc3ccc(-c4noc(=O)[nH]4)cc3)C2=O)cc1. The number of rotatable bonds is 6. The number of aliphatic hydroxyl groups excluding tert-OH is 1. The standard InChI is InChI=1S/C21H20N4O8S/c1-34(30,31)15-8-6-14(7-9-15)25-10-11-32-17(20(25)28)16(26)19(27)22-13-4-2-12(3-5-13)18-23-21(29)33-24-18/h2-9,16-17,26H,10-11H2,1H3,(H,22,27)(H,23,24,29)/t16-,17-/m1/s1. The predicted molar refractivity (Wildman–Crippen MR) is 119 cm³/mol. The average Bonchev–Trinajstić information content (AvgIpc) is 3.25. The summed E-state index contributed by atoms with van der Waals surface area (Å²) in [4.78, 5) is 40.4.